The molecular formula is C11H18N2O. The van der Waals surface area contributed by atoms with E-state index in [2.05, 4.69) is 11.9 Å². The zero-order valence-electron chi connectivity index (χ0n) is 8.90. The molecule has 14 heavy (non-hydrogen) atoms. The van der Waals surface area contributed by atoms with Gasteiger partial charge in [0.25, 0.3) is 0 Å². The number of aromatic nitrogens is 2. The number of aryl methyl sites for hydroxylation is 1. The fourth-order valence-electron chi connectivity index (χ4n) is 2.51. The lowest BCUT2D eigenvalue weighted by Crippen LogP contribution is -2.18. The van der Waals surface area contributed by atoms with Crippen LogP contribution in [0, 0.1) is 5.92 Å². The van der Waals surface area contributed by atoms with E-state index >= 15 is 0 Å². The number of hydrogen-bond acceptors (Lipinski definition) is 2. The van der Waals surface area contributed by atoms with Crippen molar-refractivity contribution in [3.63, 3.8) is 0 Å². The average Bonchev–Trinajstić information content (AvgIpc) is 2.46. The molecule has 1 aromatic rings. The lowest BCUT2D eigenvalue weighted by molar-refractivity contribution is 0.314. The van der Waals surface area contributed by atoms with Crippen molar-refractivity contribution in [2.45, 2.75) is 38.5 Å². The molecule has 2 rings (SSSR count). The Labute approximate surface area is 84.8 Å². The monoisotopic (exact) mass is 194 g/mol. The summed E-state index contributed by atoms with van der Waals surface area (Å²) in [5.41, 5.74) is 0. The minimum atomic E-state index is 0.153. The molecule has 1 heterocycles. The quantitative estimate of drug-likeness (QED) is 0.745. The second-order valence-corrected chi connectivity index (χ2v) is 4.44. The maximum atomic E-state index is 9.32. The van der Waals surface area contributed by atoms with Gasteiger partial charge in [-0.2, -0.15) is 4.98 Å². The predicted molar refractivity (Wildman–Crippen MR) is 55.2 cm³/mol. The maximum Gasteiger partial charge on any atom is 0.229 e. The molecule has 0 spiro atoms. The highest BCUT2D eigenvalue weighted by molar-refractivity contribution is 5.12. The molecule has 1 aliphatic carbocycles. The van der Waals surface area contributed by atoms with Crippen LogP contribution in [-0.2, 0) is 7.05 Å². The average molecular weight is 194 g/mol. The molecule has 0 radical (unpaired) electrons. The minimum absolute atomic E-state index is 0.153. The summed E-state index contributed by atoms with van der Waals surface area (Å²) < 4.78 is 1.96. The Bertz CT molecular complexity index is 319. The molecule has 1 fully saturated rings. The van der Waals surface area contributed by atoms with Crippen molar-refractivity contribution >= 4 is 0 Å². The molecule has 0 saturated heterocycles. The summed E-state index contributed by atoms with van der Waals surface area (Å²) in [7, 11) is 1.96. The summed E-state index contributed by atoms with van der Waals surface area (Å²) in [6.07, 6.45) is 6.83. The molecule has 2 atom stereocenters. The van der Waals surface area contributed by atoms with Gasteiger partial charge in [0.2, 0.25) is 5.88 Å². The minimum Gasteiger partial charge on any atom is -0.492 e. The summed E-state index contributed by atoms with van der Waals surface area (Å²) in [5, 5.41) is 9.32. The van der Waals surface area contributed by atoms with Crippen LogP contribution in [0.4, 0.5) is 0 Å². The Morgan fingerprint density at radius 2 is 2.14 bits per heavy atom. The van der Waals surface area contributed by atoms with Crippen LogP contribution in [-0.4, -0.2) is 14.7 Å². The van der Waals surface area contributed by atoms with Gasteiger partial charge >= 0.3 is 0 Å². The van der Waals surface area contributed by atoms with Crippen LogP contribution < -0.4 is 0 Å². The highest BCUT2D eigenvalue weighted by Crippen LogP contribution is 2.37. The van der Waals surface area contributed by atoms with Crippen molar-refractivity contribution in [1.82, 2.24) is 9.55 Å². The Morgan fingerprint density at radius 3 is 2.71 bits per heavy atom. The van der Waals surface area contributed by atoms with Crippen molar-refractivity contribution in [3.8, 4) is 5.88 Å². The molecule has 2 unspecified atom stereocenters. The van der Waals surface area contributed by atoms with E-state index in [-0.39, 0.29) is 5.88 Å². The molecule has 1 saturated carbocycles. The van der Waals surface area contributed by atoms with E-state index in [4.69, 9.17) is 0 Å². The van der Waals surface area contributed by atoms with E-state index in [1.165, 1.54) is 25.7 Å². The fraction of sp³-hybridized carbons (Fsp3) is 0.727. The molecule has 1 aromatic heterocycles. The number of rotatable bonds is 1. The first-order chi connectivity index (χ1) is 6.68. The second-order valence-electron chi connectivity index (χ2n) is 4.44. The number of hydrogen-bond donors (Lipinski definition) is 1. The normalized spacial score (nSPS) is 27.9. The molecule has 0 aliphatic heterocycles. The molecule has 0 amide bonds. The third-order valence-electron chi connectivity index (χ3n) is 3.34. The largest absolute Gasteiger partial charge is 0.492 e. The van der Waals surface area contributed by atoms with Crippen LogP contribution in [0.2, 0.25) is 0 Å². The van der Waals surface area contributed by atoms with Crippen molar-refractivity contribution in [3.05, 3.63) is 12.0 Å². The summed E-state index contributed by atoms with van der Waals surface area (Å²) in [5.74, 6) is 2.44. The summed E-state index contributed by atoms with van der Waals surface area (Å²) in [6.45, 7) is 2.29. The smallest absolute Gasteiger partial charge is 0.229 e. The van der Waals surface area contributed by atoms with E-state index in [1.54, 1.807) is 6.20 Å². The van der Waals surface area contributed by atoms with Crippen LogP contribution in [0.1, 0.15) is 44.3 Å². The first-order valence-electron chi connectivity index (χ1n) is 5.40. The Balaban J connectivity index is 2.24. The highest BCUT2D eigenvalue weighted by atomic mass is 16.3. The molecule has 0 aromatic carbocycles. The maximum absolute atomic E-state index is 9.32. The van der Waals surface area contributed by atoms with Gasteiger partial charge in [-0.1, -0.05) is 26.2 Å². The van der Waals surface area contributed by atoms with Gasteiger partial charge in [0.05, 0.1) is 6.20 Å². The SMILES string of the molecule is CC1CCCCC1c1nc(O)cn1C. The van der Waals surface area contributed by atoms with Gasteiger partial charge in [-0.3, -0.25) is 0 Å². The predicted octanol–water partition coefficient (Wildman–Crippen LogP) is 2.42. The van der Waals surface area contributed by atoms with Crippen LogP contribution in [0.5, 0.6) is 5.88 Å². The summed E-state index contributed by atoms with van der Waals surface area (Å²) >= 11 is 0. The Hall–Kier alpha value is -0.990. The molecule has 78 valence electrons. The number of nitrogens with zero attached hydrogens (tertiary/aromatic N) is 2. The molecule has 1 N–H and O–H groups in total. The van der Waals surface area contributed by atoms with Gasteiger partial charge in [0.15, 0.2) is 0 Å². The van der Waals surface area contributed by atoms with Crippen LogP contribution in [0.15, 0.2) is 6.20 Å². The van der Waals surface area contributed by atoms with Gasteiger partial charge < -0.3 is 9.67 Å². The third-order valence-corrected chi connectivity index (χ3v) is 3.34. The molecular weight excluding hydrogens is 176 g/mol. The van der Waals surface area contributed by atoms with E-state index < -0.39 is 0 Å². The lowest BCUT2D eigenvalue weighted by atomic mass is 9.80. The summed E-state index contributed by atoms with van der Waals surface area (Å²) in [6, 6.07) is 0. The van der Waals surface area contributed by atoms with Crippen molar-refractivity contribution in [2.75, 3.05) is 0 Å². The van der Waals surface area contributed by atoms with E-state index in [0.717, 1.165) is 5.82 Å². The lowest BCUT2D eigenvalue weighted by Gasteiger charge is -2.27. The topological polar surface area (TPSA) is 38.1 Å². The number of imidazole rings is 1. The van der Waals surface area contributed by atoms with Crippen molar-refractivity contribution < 1.29 is 5.11 Å². The van der Waals surface area contributed by atoms with Crippen molar-refractivity contribution in [2.24, 2.45) is 13.0 Å². The first kappa shape index (κ1) is 9.56. The first-order valence-corrected chi connectivity index (χ1v) is 5.40. The second kappa shape index (κ2) is 3.64. The van der Waals surface area contributed by atoms with Crippen LogP contribution >= 0.6 is 0 Å². The molecule has 0 bridgehead atoms. The van der Waals surface area contributed by atoms with Gasteiger partial charge in [-0.05, 0) is 12.3 Å². The highest BCUT2D eigenvalue weighted by Gasteiger charge is 2.26. The van der Waals surface area contributed by atoms with Crippen molar-refractivity contribution in [1.29, 1.82) is 0 Å². The molecule has 3 nitrogen and oxygen atoms in total. The van der Waals surface area contributed by atoms with Gasteiger partial charge in [0, 0.05) is 13.0 Å². The van der Waals surface area contributed by atoms with Gasteiger partial charge in [-0.25, -0.2) is 0 Å². The van der Waals surface area contributed by atoms with E-state index in [9.17, 15) is 5.11 Å². The van der Waals surface area contributed by atoms with E-state index in [0.29, 0.717) is 11.8 Å². The zero-order chi connectivity index (χ0) is 10.1. The summed E-state index contributed by atoms with van der Waals surface area (Å²) in [4.78, 5) is 4.20. The molecule has 1 aliphatic rings. The third kappa shape index (κ3) is 1.63. The standard InChI is InChI=1S/C11H18N2O/c1-8-5-3-4-6-9(8)11-12-10(14)7-13(11)2/h7-9,14H,3-6H2,1-2H3. The Morgan fingerprint density at radius 1 is 1.43 bits per heavy atom. The fourth-order valence-corrected chi connectivity index (χ4v) is 2.51. The zero-order valence-corrected chi connectivity index (χ0v) is 8.90. The number of aromatic hydroxyl groups is 1. The molecule has 3 heteroatoms. The van der Waals surface area contributed by atoms with E-state index in [1.807, 2.05) is 11.6 Å². The Kier molecular flexibility index (Phi) is 2.48. The van der Waals surface area contributed by atoms with Crippen LogP contribution in [0.25, 0.3) is 0 Å². The van der Waals surface area contributed by atoms with Gasteiger partial charge in [0.1, 0.15) is 5.82 Å². The van der Waals surface area contributed by atoms with Gasteiger partial charge in [-0.15, -0.1) is 0 Å². The van der Waals surface area contributed by atoms with Crippen LogP contribution in [0.3, 0.4) is 0 Å².